The van der Waals surface area contributed by atoms with Crippen molar-refractivity contribution in [1.29, 1.82) is 0 Å². The Bertz CT molecular complexity index is 1930. The van der Waals surface area contributed by atoms with Gasteiger partial charge in [-0.1, -0.05) is 88.7 Å². The van der Waals surface area contributed by atoms with Crippen LogP contribution in [0.3, 0.4) is 0 Å². The molecule has 1 aliphatic heterocycles. The van der Waals surface area contributed by atoms with Crippen LogP contribution in [0.25, 0.3) is 11.1 Å². The third-order valence-electron chi connectivity index (χ3n) is 9.22. The Morgan fingerprint density at radius 1 is 0.686 bits per heavy atom. The van der Waals surface area contributed by atoms with E-state index in [9.17, 15) is 9.59 Å². The number of alkyl halides is 1. The van der Waals surface area contributed by atoms with Crippen molar-refractivity contribution in [3.05, 3.63) is 142 Å². The molecule has 1 fully saturated rings. The van der Waals surface area contributed by atoms with Crippen molar-refractivity contribution in [2.75, 3.05) is 53.7 Å². The molecule has 7 rings (SSSR count). The summed E-state index contributed by atoms with van der Waals surface area (Å²) in [6, 6.07) is 31.7. The molecule has 4 aromatic carbocycles. The van der Waals surface area contributed by atoms with E-state index in [1.165, 1.54) is 0 Å². The number of halogens is 1. The topological polar surface area (TPSA) is 83.5 Å². The molecule has 8 nitrogen and oxygen atoms in total. The number of carbonyl (C=O) groups is 2. The summed E-state index contributed by atoms with van der Waals surface area (Å²) in [7, 11) is 3.30. The highest BCUT2D eigenvalue weighted by Gasteiger charge is 2.41. The molecule has 2 unspecified atom stereocenters. The minimum Gasteiger partial charge on any atom is -0.497 e. The molecule has 0 saturated carbocycles. The van der Waals surface area contributed by atoms with Gasteiger partial charge in [-0.05, 0) is 71.5 Å². The highest BCUT2D eigenvalue weighted by Crippen LogP contribution is 2.50. The maximum absolute atomic E-state index is 13.1. The molecular formula is C42H42BrNO7. The van der Waals surface area contributed by atoms with Crippen LogP contribution < -0.4 is 9.47 Å². The van der Waals surface area contributed by atoms with Gasteiger partial charge in [0.1, 0.15) is 11.5 Å². The maximum atomic E-state index is 13.1. The van der Waals surface area contributed by atoms with Crippen molar-refractivity contribution in [2.24, 2.45) is 0 Å². The average Bonchev–Trinajstić information content (AvgIpc) is 3.67. The molecule has 0 aromatic heterocycles. The Kier molecular flexibility index (Phi) is 11.7. The maximum Gasteiger partial charge on any atom is 0.336 e. The third-order valence-corrected chi connectivity index (χ3v) is 10.2. The van der Waals surface area contributed by atoms with Gasteiger partial charge in [0.05, 0.1) is 62.7 Å². The quantitative estimate of drug-likeness (QED) is 0.126. The van der Waals surface area contributed by atoms with E-state index in [1.54, 1.807) is 14.2 Å². The second-order valence-corrected chi connectivity index (χ2v) is 13.0. The highest BCUT2D eigenvalue weighted by molar-refractivity contribution is 9.09. The van der Waals surface area contributed by atoms with E-state index in [2.05, 4.69) is 26.9 Å². The van der Waals surface area contributed by atoms with Gasteiger partial charge in [0, 0.05) is 24.2 Å². The van der Waals surface area contributed by atoms with Crippen molar-refractivity contribution in [3.63, 3.8) is 0 Å². The first-order chi connectivity index (χ1) is 24.9. The van der Waals surface area contributed by atoms with E-state index in [-0.39, 0.29) is 22.8 Å². The van der Waals surface area contributed by atoms with Crippen molar-refractivity contribution < 1.29 is 33.3 Å². The van der Waals surface area contributed by atoms with Gasteiger partial charge in [0.2, 0.25) is 0 Å². The zero-order chi connectivity index (χ0) is 35.9. The van der Waals surface area contributed by atoms with Gasteiger partial charge in [-0.15, -0.1) is 0 Å². The molecule has 3 aliphatic rings. The van der Waals surface area contributed by atoms with Crippen LogP contribution in [0.1, 0.15) is 58.1 Å². The fourth-order valence-electron chi connectivity index (χ4n) is 6.97. The molecule has 2 atom stereocenters. The highest BCUT2D eigenvalue weighted by atomic mass is 79.9. The molecule has 0 bridgehead atoms. The molecule has 264 valence electrons. The number of hydrogen-bond acceptors (Lipinski definition) is 8. The molecule has 1 saturated heterocycles. The monoisotopic (exact) mass is 751 g/mol. The van der Waals surface area contributed by atoms with E-state index in [0.717, 1.165) is 69.1 Å². The first kappa shape index (κ1) is 36.1. The van der Waals surface area contributed by atoms with E-state index >= 15 is 0 Å². The fraction of sp³-hybridized carbons (Fsp3) is 0.286. The van der Waals surface area contributed by atoms with Crippen LogP contribution >= 0.6 is 15.9 Å². The third kappa shape index (κ3) is 7.38. The summed E-state index contributed by atoms with van der Waals surface area (Å²) in [4.78, 5) is 27.8. The van der Waals surface area contributed by atoms with E-state index in [1.807, 2.05) is 105 Å². The summed E-state index contributed by atoms with van der Waals surface area (Å²) in [6.45, 7) is 7.21. The zero-order valence-corrected chi connectivity index (χ0v) is 30.9. The van der Waals surface area contributed by atoms with Crippen LogP contribution in [0, 0.1) is 0 Å². The lowest BCUT2D eigenvalue weighted by Crippen LogP contribution is -2.40. The van der Waals surface area contributed by atoms with Gasteiger partial charge in [-0.2, -0.15) is 0 Å². The standard InChI is InChI=1S/C23H25NO4.C19H17BrO3/c1-3-28-23(25)21-20(16-7-5-4-6-8-16)18-10-9-17(26-2)15-19(18)22(21)24-11-13-27-14-12-24;1-3-23-19(21)17-16(12-7-5-4-6-8-12)14-10-9-13(22-2)11-15(14)18(17)20/h4-10,15,22H,3,11-14H2,1-2H3;4-11,18H,3H2,1-2H3. The summed E-state index contributed by atoms with van der Waals surface area (Å²) in [5, 5.41) is 0. The molecule has 0 radical (unpaired) electrons. The van der Waals surface area contributed by atoms with Gasteiger partial charge in [0.25, 0.3) is 0 Å². The van der Waals surface area contributed by atoms with Gasteiger partial charge < -0.3 is 23.7 Å². The molecule has 1 heterocycles. The summed E-state index contributed by atoms with van der Waals surface area (Å²) < 4.78 is 27.1. The van der Waals surface area contributed by atoms with Crippen LogP contribution in [-0.4, -0.2) is 70.6 Å². The molecule has 9 heteroatoms. The lowest BCUT2D eigenvalue weighted by molar-refractivity contribution is -0.140. The minimum absolute atomic E-state index is 0.164. The molecular weight excluding hydrogens is 710 g/mol. The van der Waals surface area contributed by atoms with Gasteiger partial charge in [-0.3, -0.25) is 4.90 Å². The largest absolute Gasteiger partial charge is 0.497 e. The predicted molar refractivity (Wildman–Crippen MR) is 201 cm³/mol. The fourth-order valence-corrected chi connectivity index (χ4v) is 7.77. The minimum atomic E-state index is -0.289. The summed E-state index contributed by atoms with van der Waals surface area (Å²) >= 11 is 3.66. The number of hydrogen-bond donors (Lipinski definition) is 0. The number of rotatable bonds is 9. The Morgan fingerprint density at radius 2 is 1.16 bits per heavy atom. The van der Waals surface area contributed by atoms with Crippen LogP contribution in [0.2, 0.25) is 0 Å². The van der Waals surface area contributed by atoms with Gasteiger partial charge in [-0.25, -0.2) is 9.59 Å². The smallest absolute Gasteiger partial charge is 0.336 e. The number of carbonyl (C=O) groups excluding carboxylic acids is 2. The summed E-state index contributed by atoms with van der Waals surface area (Å²) in [5.74, 6) is 1.01. The van der Waals surface area contributed by atoms with Crippen molar-refractivity contribution in [2.45, 2.75) is 24.7 Å². The Morgan fingerprint density at radius 3 is 1.67 bits per heavy atom. The number of nitrogens with zero attached hydrogens (tertiary/aromatic N) is 1. The second kappa shape index (κ2) is 16.5. The van der Waals surface area contributed by atoms with Crippen LogP contribution in [0.4, 0.5) is 0 Å². The van der Waals surface area contributed by atoms with Gasteiger partial charge >= 0.3 is 11.9 Å². The predicted octanol–water partition coefficient (Wildman–Crippen LogP) is 7.96. The molecule has 0 spiro atoms. The number of benzene rings is 4. The lowest BCUT2D eigenvalue weighted by atomic mass is 9.97. The molecule has 51 heavy (non-hydrogen) atoms. The first-order valence-electron chi connectivity index (χ1n) is 17.2. The number of methoxy groups -OCH3 is 2. The molecule has 0 amide bonds. The van der Waals surface area contributed by atoms with Crippen LogP contribution in [0.15, 0.2) is 108 Å². The van der Waals surface area contributed by atoms with Crippen molar-refractivity contribution in [1.82, 2.24) is 4.90 Å². The number of esters is 2. The number of ether oxygens (including phenoxy) is 5. The van der Waals surface area contributed by atoms with Crippen molar-refractivity contribution >= 4 is 39.0 Å². The Hall–Kier alpha value is -4.70. The molecule has 4 aromatic rings. The van der Waals surface area contributed by atoms with Gasteiger partial charge in [0.15, 0.2) is 0 Å². The van der Waals surface area contributed by atoms with E-state index < -0.39 is 0 Å². The Balaban J connectivity index is 0.000000179. The summed E-state index contributed by atoms with van der Waals surface area (Å²) in [6.07, 6.45) is 0. The average molecular weight is 753 g/mol. The second-order valence-electron chi connectivity index (χ2n) is 12.1. The van der Waals surface area contributed by atoms with E-state index in [0.29, 0.717) is 37.6 Å². The number of morpholine rings is 1. The summed E-state index contributed by atoms with van der Waals surface area (Å²) in [5.41, 5.74) is 9.44. The van der Waals surface area contributed by atoms with E-state index in [4.69, 9.17) is 23.7 Å². The van der Waals surface area contributed by atoms with Crippen LogP contribution in [-0.2, 0) is 23.8 Å². The zero-order valence-electron chi connectivity index (χ0n) is 29.3. The van der Waals surface area contributed by atoms with Crippen molar-refractivity contribution in [3.8, 4) is 11.5 Å². The Labute approximate surface area is 307 Å². The lowest BCUT2D eigenvalue weighted by Gasteiger charge is -2.34. The molecule has 0 N–H and O–H groups in total. The number of fused-ring (bicyclic) bond motifs is 2. The normalized spacial score (nSPS) is 18.0. The first-order valence-corrected chi connectivity index (χ1v) is 18.1. The van der Waals surface area contributed by atoms with Crippen LogP contribution in [0.5, 0.6) is 11.5 Å². The molecule has 2 aliphatic carbocycles. The SMILES string of the molecule is CCOC(=O)C1=C(c2ccccc2)c2ccc(OC)cc2C1Br.CCOC(=O)C1=C(c2ccccc2)c2ccc(OC)cc2C1N1CCOCC1.